The van der Waals surface area contributed by atoms with Crippen LogP contribution in [0.1, 0.15) is 48.9 Å². The van der Waals surface area contributed by atoms with Crippen LogP contribution < -0.4 is 19.8 Å². The maximum absolute atomic E-state index is 14.0. The van der Waals surface area contributed by atoms with Gasteiger partial charge in [0.2, 0.25) is 0 Å². The number of rotatable bonds is 11. The van der Waals surface area contributed by atoms with Crippen LogP contribution in [0, 0.1) is 17.0 Å². The van der Waals surface area contributed by atoms with Crippen molar-refractivity contribution >= 4 is 38.7 Å². The highest BCUT2D eigenvalue weighted by atomic mass is 79.9. The third-order valence-corrected chi connectivity index (χ3v) is 7.84. The molecule has 0 saturated heterocycles. The highest BCUT2D eigenvalue weighted by Gasteiger charge is 2.19. The highest BCUT2D eigenvalue weighted by Crippen LogP contribution is 2.36. The number of methoxy groups -OCH3 is 1. The number of hydrogen-bond acceptors (Lipinski definition) is 8. The van der Waals surface area contributed by atoms with Crippen LogP contribution in [0.15, 0.2) is 87.2 Å². The average molecular weight is 686 g/mol. The molecule has 0 amide bonds. The van der Waals surface area contributed by atoms with Crippen LogP contribution >= 0.6 is 15.9 Å². The van der Waals surface area contributed by atoms with Crippen molar-refractivity contribution in [2.45, 2.75) is 40.2 Å². The summed E-state index contributed by atoms with van der Waals surface area (Å²) in [5.41, 5.74) is 4.12. The van der Waals surface area contributed by atoms with Gasteiger partial charge in [-0.1, -0.05) is 41.9 Å². The molecular weight excluding hydrogens is 652 g/mol. The molecule has 0 aliphatic carbocycles. The van der Waals surface area contributed by atoms with Gasteiger partial charge in [-0.05, 0) is 85.0 Å². The first kappa shape index (κ1) is 32.4. The van der Waals surface area contributed by atoms with E-state index < -0.39 is 4.92 Å². The van der Waals surface area contributed by atoms with Crippen LogP contribution in [0.3, 0.4) is 0 Å². The van der Waals surface area contributed by atoms with Crippen LogP contribution in [0.25, 0.3) is 22.3 Å². The summed E-state index contributed by atoms with van der Waals surface area (Å²) < 4.78 is 19.8. The summed E-state index contributed by atoms with van der Waals surface area (Å²) in [6.07, 6.45) is 1.53. The van der Waals surface area contributed by atoms with Crippen molar-refractivity contribution in [2.75, 3.05) is 13.7 Å². The number of fused-ring (bicyclic) bond motifs is 1. The van der Waals surface area contributed by atoms with Crippen LogP contribution in [-0.4, -0.2) is 34.5 Å². The largest absolute Gasteiger partial charge is 0.494 e. The van der Waals surface area contributed by atoms with Gasteiger partial charge >= 0.3 is 0 Å². The zero-order chi connectivity index (χ0) is 33.0. The fraction of sp³-hybridized carbons (Fsp3) is 0.229. The lowest BCUT2D eigenvalue weighted by Gasteiger charge is -2.18. The molecule has 0 atom stereocenters. The minimum Gasteiger partial charge on any atom is -0.494 e. The molecule has 46 heavy (non-hydrogen) atoms. The zero-order valence-corrected chi connectivity index (χ0v) is 27.7. The van der Waals surface area contributed by atoms with Gasteiger partial charge in [0.1, 0.15) is 12.4 Å². The molecular formula is C35H33BrN4O6. The second-order valence-electron chi connectivity index (χ2n) is 10.8. The Labute approximate surface area is 274 Å². The molecule has 0 fully saturated rings. The van der Waals surface area contributed by atoms with Gasteiger partial charge in [0, 0.05) is 27.7 Å². The van der Waals surface area contributed by atoms with Gasteiger partial charge in [0.05, 0.1) is 35.8 Å². The number of nitrogens with zero attached hydrogens (tertiary/aromatic N) is 4. The molecule has 5 aromatic rings. The molecule has 10 nitrogen and oxygen atoms in total. The summed E-state index contributed by atoms with van der Waals surface area (Å²) in [4.78, 5) is 29.5. The summed E-state index contributed by atoms with van der Waals surface area (Å²) in [6, 6.07) is 20.9. The fourth-order valence-electron chi connectivity index (χ4n) is 5.06. The topological polar surface area (TPSA) is 118 Å². The summed E-state index contributed by atoms with van der Waals surface area (Å²) in [6.45, 7) is 8.74. The number of halogens is 1. The Morgan fingerprint density at radius 3 is 2.46 bits per heavy atom. The highest BCUT2D eigenvalue weighted by molar-refractivity contribution is 9.10. The molecule has 0 radical (unpaired) electrons. The van der Waals surface area contributed by atoms with Crippen molar-refractivity contribution in [2.24, 2.45) is 5.10 Å². The van der Waals surface area contributed by atoms with Gasteiger partial charge in [-0.3, -0.25) is 14.9 Å². The lowest BCUT2D eigenvalue weighted by molar-refractivity contribution is -0.384. The molecule has 236 valence electrons. The van der Waals surface area contributed by atoms with Crippen LogP contribution in [0.5, 0.6) is 17.2 Å². The van der Waals surface area contributed by atoms with Gasteiger partial charge in [0.25, 0.3) is 11.2 Å². The van der Waals surface area contributed by atoms with E-state index in [2.05, 4.69) is 29.8 Å². The third kappa shape index (κ3) is 6.79. The van der Waals surface area contributed by atoms with E-state index in [9.17, 15) is 14.9 Å². The Kier molecular flexibility index (Phi) is 9.81. The number of aryl methyl sites for hydroxylation is 1. The fourth-order valence-corrected chi connectivity index (χ4v) is 5.51. The monoisotopic (exact) mass is 684 g/mol. The molecule has 0 spiro atoms. The van der Waals surface area contributed by atoms with Crippen molar-refractivity contribution in [3.8, 4) is 28.6 Å². The summed E-state index contributed by atoms with van der Waals surface area (Å²) in [5, 5.41) is 16.2. The maximum Gasteiger partial charge on any atom is 0.282 e. The van der Waals surface area contributed by atoms with E-state index in [4.69, 9.17) is 24.3 Å². The molecule has 0 unspecified atom stereocenters. The normalized spacial score (nSPS) is 11.4. The van der Waals surface area contributed by atoms with Crippen molar-refractivity contribution < 1.29 is 19.1 Å². The quantitative estimate of drug-likeness (QED) is 0.0785. The Morgan fingerprint density at radius 2 is 1.78 bits per heavy atom. The predicted molar refractivity (Wildman–Crippen MR) is 183 cm³/mol. The summed E-state index contributed by atoms with van der Waals surface area (Å²) in [7, 11) is 1.53. The van der Waals surface area contributed by atoms with Gasteiger partial charge in [-0.2, -0.15) is 9.78 Å². The molecule has 0 saturated carbocycles. The number of nitro groups is 1. The predicted octanol–water partition coefficient (Wildman–Crippen LogP) is 8.03. The number of para-hydroxylation sites is 1. The van der Waals surface area contributed by atoms with Gasteiger partial charge < -0.3 is 14.2 Å². The smallest absolute Gasteiger partial charge is 0.282 e. The Bertz CT molecular complexity index is 2000. The second-order valence-corrected chi connectivity index (χ2v) is 11.8. The molecule has 0 bridgehead atoms. The molecule has 0 N–H and O–H groups in total. The average Bonchev–Trinajstić information content (AvgIpc) is 3.03. The van der Waals surface area contributed by atoms with E-state index in [0.29, 0.717) is 44.9 Å². The zero-order valence-electron chi connectivity index (χ0n) is 26.1. The second kappa shape index (κ2) is 13.9. The van der Waals surface area contributed by atoms with E-state index >= 15 is 0 Å². The van der Waals surface area contributed by atoms with E-state index in [1.807, 2.05) is 38.1 Å². The Hall–Kier alpha value is -5.03. The van der Waals surface area contributed by atoms with Crippen LogP contribution in [0.2, 0.25) is 0 Å². The van der Waals surface area contributed by atoms with Gasteiger partial charge in [-0.25, -0.2) is 4.98 Å². The number of nitro benzene ring substituents is 1. The number of ether oxygens (including phenoxy) is 3. The minimum atomic E-state index is -0.451. The van der Waals surface area contributed by atoms with E-state index in [1.54, 1.807) is 36.4 Å². The number of non-ortho nitro benzene ring substituents is 1. The molecule has 5 rings (SSSR count). The Morgan fingerprint density at radius 1 is 1.04 bits per heavy atom. The minimum absolute atomic E-state index is 0.00804. The molecule has 11 heteroatoms. The van der Waals surface area contributed by atoms with E-state index in [-0.39, 0.29) is 23.8 Å². The van der Waals surface area contributed by atoms with Crippen LogP contribution in [-0.2, 0) is 6.61 Å². The number of aromatic nitrogens is 2. The van der Waals surface area contributed by atoms with Crippen molar-refractivity contribution in [3.63, 3.8) is 0 Å². The van der Waals surface area contributed by atoms with Crippen LogP contribution in [0.4, 0.5) is 5.69 Å². The van der Waals surface area contributed by atoms with Gasteiger partial charge in [-0.15, -0.1) is 0 Å². The SMILES string of the molecule is CCOc1cc(C)c(-c2nc3ccccc3c(=O)n2N=Cc2cc(Br)cc(OC)c2OCc2ccc([N+](=O)[O-])cc2)cc1C(C)C. The first-order valence-corrected chi connectivity index (χ1v) is 15.5. The van der Waals surface area contributed by atoms with Gasteiger partial charge in [0.15, 0.2) is 17.3 Å². The van der Waals surface area contributed by atoms with Crippen molar-refractivity contribution in [1.29, 1.82) is 0 Å². The molecule has 1 aromatic heterocycles. The lowest BCUT2D eigenvalue weighted by Crippen LogP contribution is -2.21. The number of benzene rings is 4. The Balaban J connectivity index is 1.64. The molecule has 0 aliphatic heterocycles. The first-order chi connectivity index (χ1) is 22.1. The number of hydrogen-bond donors (Lipinski definition) is 0. The summed E-state index contributed by atoms with van der Waals surface area (Å²) in [5.74, 6) is 2.17. The molecule has 1 heterocycles. The summed E-state index contributed by atoms with van der Waals surface area (Å²) >= 11 is 3.53. The third-order valence-electron chi connectivity index (χ3n) is 7.38. The van der Waals surface area contributed by atoms with E-state index in [1.165, 1.54) is 30.1 Å². The standard InChI is InChI=1S/C35H33BrN4O6/c1-6-45-31-15-22(4)29(18-28(31)21(2)3)34-38-30-10-8-7-9-27(30)35(41)39(34)37-19-24-16-25(36)17-32(44-5)33(24)46-20-23-11-13-26(14-12-23)40(42)43/h7-19,21H,6,20H2,1-5H3. The molecule has 0 aliphatic rings. The molecule has 4 aromatic carbocycles. The van der Waals surface area contributed by atoms with Crippen molar-refractivity contribution in [1.82, 2.24) is 9.66 Å². The lowest BCUT2D eigenvalue weighted by atomic mass is 9.96. The van der Waals surface area contributed by atoms with Crippen molar-refractivity contribution in [3.05, 3.63) is 120 Å². The van der Waals surface area contributed by atoms with E-state index in [0.717, 1.165) is 28.0 Å². The maximum atomic E-state index is 14.0. The first-order valence-electron chi connectivity index (χ1n) is 14.7.